The second-order valence-electron chi connectivity index (χ2n) is 8.46. The molecule has 2 heterocycles. The van der Waals surface area contributed by atoms with Crippen LogP contribution in [-0.2, 0) is 17.5 Å². The molecule has 196 valence electrons. The molecule has 1 aliphatic rings. The number of anilines is 2. The Bertz CT molecular complexity index is 1520. The first-order chi connectivity index (χ1) is 18.2. The summed E-state index contributed by atoms with van der Waals surface area (Å²) in [5, 5.41) is 7.77. The summed E-state index contributed by atoms with van der Waals surface area (Å²) in [5.74, 6) is -0.478. The molecule has 5 rings (SSSR count). The van der Waals surface area contributed by atoms with Gasteiger partial charge in [-0.05, 0) is 42.7 Å². The van der Waals surface area contributed by atoms with Gasteiger partial charge in [-0.3, -0.25) is 4.79 Å². The number of carbonyl (C=O) groups is 2. The van der Waals surface area contributed by atoms with E-state index in [0.717, 1.165) is 25.0 Å². The van der Waals surface area contributed by atoms with Crippen molar-refractivity contribution >= 4 is 44.4 Å². The van der Waals surface area contributed by atoms with Crippen molar-refractivity contribution in [1.29, 1.82) is 0 Å². The fraction of sp³-hybridized carbons (Fsp3) is 0.200. The summed E-state index contributed by atoms with van der Waals surface area (Å²) in [6.45, 7) is -0.415. The minimum Gasteiger partial charge on any atom is -0.439 e. The second-order valence-corrected chi connectivity index (χ2v) is 9.44. The molecule has 0 aliphatic heterocycles. The summed E-state index contributed by atoms with van der Waals surface area (Å²) in [6, 6.07) is 10.8. The van der Waals surface area contributed by atoms with Gasteiger partial charge >= 0.3 is 12.2 Å². The number of fused-ring (bicyclic) bond motifs is 1. The average Bonchev–Trinajstić information content (AvgIpc) is 3.65. The van der Waals surface area contributed by atoms with Crippen LogP contribution >= 0.6 is 11.3 Å². The Morgan fingerprint density at radius 3 is 2.58 bits per heavy atom. The second kappa shape index (κ2) is 10.2. The number of hydrogen-bond donors (Lipinski definition) is 3. The van der Waals surface area contributed by atoms with Gasteiger partial charge in [0.05, 0.1) is 11.3 Å². The van der Waals surface area contributed by atoms with Crippen LogP contribution in [-0.4, -0.2) is 21.9 Å². The van der Waals surface area contributed by atoms with Gasteiger partial charge in [-0.15, -0.1) is 0 Å². The van der Waals surface area contributed by atoms with E-state index in [2.05, 4.69) is 25.9 Å². The van der Waals surface area contributed by atoms with Gasteiger partial charge in [0.1, 0.15) is 21.9 Å². The minimum absolute atomic E-state index is 0.0351. The van der Waals surface area contributed by atoms with Gasteiger partial charge in [0.2, 0.25) is 11.8 Å². The SMILES string of the molecule is O=C(NCc1ccccc1C(F)(F)F)Nc1cc(Oc2ccc3nc(NC(=O)C4CC4)sc3n2)ccc1F. The van der Waals surface area contributed by atoms with Gasteiger partial charge in [-0.1, -0.05) is 29.5 Å². The van der Waals surface area contributed by atoms with Gasteiger partial charge in [0.25, 0.3) is 0 Å². The number of thiazole rings is 1. The van der Waals surface area contributed by atoms with Crippen molar-refractivity contribution in [3.63, 3.8) is 0 Å². The van der Waals surface area contributed by atoms with Crippen LogP contribution in [0.2, 0.25) is 0 Å². The van der Waals surface area contributed by atoms with Crippen molar-refractivity contribution in [2.75, 3.05) is 10.6 Å². The lowest BCUT2D eigenvalue weighted by Crippen LogP contribution is -2.29. The van der Waals surface area contributed by atoms with Crippen LogP contribution in [0.1, 0.15) is 24.0 Å². The number of carbonyl (C=O) groups excluding carboxylic acids is 2. The number of hydrogen-bond acceptors (Lipinski definition) is 6. The molecule has 0 unspecified atom stereocenters. The van der Waals surface area contributed by atoms with Gasteiger partial charge < -0.3 is 20.7 Å². The molecular weight excluding hydrogens is 526 g/mol. The number of alkyl halides is 3. The predicted octanol–water partition coefficient (Wildman–Crippen LogP) is 6.31. The molecule has 0 atom stereocenters. The lowest BCUT2D eigenvalue weighted by Gasteiger charge is -2.14. The Labute approximate surface area is 217 Å². The third kappa shape index (κ3) is 5.99. The smallest absolute Gasteiger partial charge is 0.416 e. The maximum atomic E-state index is 14.3. The first-order valence-electron chi connectivity index (χ1n) is 11.4. The highest BCUT2D eigenvalue weighted by atomic mass is 32.1. The molecular formula is C25H19F4N5O3S. The largest absolute Gasteiger partial charge is 0.439 e. The van der Waals surface area contributed by atoms with E-state index >= 15 is 0 Å². The molecule has 0 radical (unpaired) electrons. The van der Waals surface area contributed by atoms with Gasteiger partial charge in [-0.2, -0.15) is 13.2 Å². The number of nitrogens with zero attached hydrogens (tertiary/aromatic N) is 2. The zero-order valence-electron chi connectivity index (χ0n) is 19.4. The molecule has 1 saturated carbocycles. The van der Waals surface area contributed by atoms with Crippen molar-refractivity contribution in [1.82, 2.24) is 15.3 Å². The monoisotopic (exact) mass is 545 g/mol. The van der Waals surface area contributed by atoms with Crippen LogP contribution < -0.4 is 20.7 Å². The summed E-state index contributed by atoms with van der Waals surface area (Å²) in [5.41, 5.74) is -0.677. The van der Waals surface area contributed by atoms with E-state index in [1.807, 2.05) is 0 Å². The molecule has 1 aliphatic carbocycles. The van der Waals surface area contributed by atoms with Crippen molar-refractivity contribution in [3.8, 4) is 11.6 Å². The molecule has 2 aromatic carbocycles. The van der Waals surface area contributed by atoms with Crippen molar-refractivity contribution < 1.29 is 31.9 Å². The highest BCUT2D eigenvalue weighted by Crippen LogP contribution is 2.34. The van der Waals surface area contributed by atoms with Gasteiger partial charge in [0.15, 0.2) is 5.13 Å². The Hall–Kier alpha value is -4.26. The number of urea groups is 1. The number of pyridine rings is 1. The normalized spacial score (nSPS) is 13.3. The molecule has 8 nitrogen and oxygen atoms in total. The van der Waals surface area contributed by atoms with Crippen LogP contribution in [0.5, 0.6) is 11.6 Å². The molecule has 0 spiro atoms. The van der Waals surface area contributed by atoms with Crippen molar-refractivity contribution in [2.24, 2.45) is 5.92 Å². The number of benzene rings is 2. The molecule has 3 amide bonds. The van der Waals surface area contributed by atoms with Crippen LogP contribution in [0.15, 0.2) is 54.6 Å². The number of aromatic nitrogens is 2. The highest BCUT2D eigenvalue weighted by Gasteiger charge is 2.33. The standard InChI is InChI=1S/C25H19F4N5O3S/c26-17-8-7-15(11-19(17)31-23(36)30-12-14-3-1-2-4-16(14)25(27,28)29)37-20-10-9-18-22(33-20)38-24(32-18)34-21(35)13-5-6-13/h1-4,7-11,13H,5-6,12H2,(H2,30,31,36)(H,32,34,35). The number of ether oxygens (including phenoxy) is 1. The zero-order chi connectivity index (χ0) is 26.9. The minimum atomic E-state index is -4.57. The fourth-order valence-electron chi connectivity index (χ4n) is 3.54. The number of amides is 3. The first kappa shape index (κ1) is 25.4. The van der Waals surface area contributed by atoms with Crippen LogP contribution in [0, 0.1) is 11.7 Å². The lowest BCUT2D eigenvalue weighted by molar-refractivity contribution is -0.138. The quantitative estimate of drug-likeness (QED) is 0.236. The predicted molar refractivity (Wildman–Crippen MR) is 133 cm³/mol. The molecule has 1 fully saturated rings. The van der Waals surface area contributed by atoms with E-state index in [1.54, 1.807) is 12.1 Å². The van der Waals surface area contributed by atoms with E-state index < -0.39 is 30.1 Å². The summed E-state index contributed by atoms with van der Waals surface area (Å²) < 4.78 is 59.5. The molecule has 3 N–H and O–H groups in total. The topological polar surface area (TPSA) is 105 Å². The summed E-state index contributed by atoms with van der Waals surface area (Å²) in [4.78, 5) is 33.5. The Kier molecular flexibility index (Phi) is 6.85. The summed E-state index contributed by atoms with van der Waals surface area (Å²) in [6.07, 6.45) is -2.83. The zero-order valence-corrected chi connectivity index (χ0v) is 20.3. The molecule has 4 aromatic rings. The van der Waals surface area contributed by atoms with Crippen LogP contribution in [0.4, 0.5) is 33.2 Å². The molecule has 38 heavy (non-hydrogen) atoms. The van der Waals surface area contributed by atoms with E-state index in [0.29, 0.717) is 15.5 Å². The summed E-state index contributed by atoms with van der Waals surface area (Å²) in [7, 11) is 0. The maximum Gasteiger partial charge on any atom is 0.416 e. The molecule has 0 saturated heterocycles. The lowest BCUT2D eigenvalue weighted by atomic mass is 10.1. The third-order valence-corrected chi connectivity index (χ3v) is 6.46. The molecule has 0 bridgehead atoms. The molecule has 13 heteroatoms. The third-order valence-electron chi connectivity index (χ3n) is 5.58. The number of rotatable bonds is 7. The Morgan fingerprint density at radius 1 is 1.03 bits per heavy atom. The van der Waals surface area contributed by atoms with Gasteiger partial charge in [0, 0.05) is 24.6 Å². The number of halogens is 4. The van der Waals surface area contributed by atoms with Gasteiger partial charge in [-0.25, -0.2) is 19.2 Å². The van der Waals surface area contributed by atoms with Crippen LogP contribution in [0.3, 0.4) is 0 Å². The average molecular weight is 546 g/mol. The summed E-state index contributed by atoms with van der Waals surface area (Å²) >= 11 is 1.19. The van der Waals surface area contributed by atoms with E-state index in [1.165, 1.54) is 41.7 Å². The first-order valence-corrected chi connectivity index (χ1v) is 12.2. The van der Waals surface area contributed by atoms with Crippen molar-refractivity contribution in [2.45, 2.75) is 25.6 Å². The Morgan fingerprint density at radius 2 is 1.82 bits per heavy atom. The van der Waals surface area contributed by atoms with Crippen molar-refractivity contribution in [3.05, 3.63) is 71.5 Å². The maximum absolute atomic E-state index is 14.3. The Balaban J connectivity index is 1.24. The van der Waals surface area contributed by atoms with Crippen LogP contribution in [0.25, 0.3) is 10.3 Å². The fourth-order valence-corrected chi connectivity index (χ4v) is 4.37. The highest BCUT2D eigenvalue weighted by molar-refractivity contribution is 7.21. The number of nitrogens with one attached hydrogen (secondary N) is 3. The molecule has 2 aromatic heterocycles. The van der Waals surface area contributed by atoms with E-state index in [9.17, 15) is 27.2 Å². The van der Waals surface area contributed by atoms with E-state index in [4.69, 9.17) is 4.74 Å². The van der Waals surface area contributed by atoms with E-state index in [-0.39, 0.29) is 34.7 Å².